The van der Waals surface area contributed by atoms with E-state index in [9.17, 15) is 0 Å². The molecule has 82 valence electrons. The molecule has 2 aromatic heterocycles. The molecule has 0 saturated heterocycles. The molecule has 16 heavy (non-hydrogen) atoms. The van der Waals surface area contributed by atoms with Crippen molar-refractivity contribution >= 4 is 28.5 Å². The zero-order valence-corrected chi connectivity index (χ0v) is 10.1. The highest BCUT2D eigenvalue weighted by atomic mass is 32.1. The second-order valence-electron chi connectivity index (χ2n) is 3.09. The first-order valence-electron chi connectivity index (χ1n) is 4.67. The summed E-state index contributed by atoms with van der Waals surface area (Å²) in [6, 6.07) is 7.58. The number of thiocarbonyl (C=S) groups is 1. The van der Waals surface area contributed by atoms with Crippen molar-refractivity contribution < 1.29 is 4.74 Å². The van der Waals surface area contributed by atoms with Gasteiger partial charge in [0.1, 0.15) is 11.6 Å². The smallest absolute Gasteiger partial charge is 0.224 e. The zero-order valence-electron chi connectivity index (χ0n) is 8.42. The van der Waals surface area contributed by atoms with Crippen LogP contribution in [0.15, 0.2) is 35.8 Å². The molecule has 2 N–H and O–H groups in total. The first-order valence-corrected chi connectivity index (χ1v) is 5.96. The Kier molecular flexibility index (Phi) is 3.48. The number of hydrogen-bond donors (Lipinski definition) is 1. The molecule has 0 radical (unpaired) electrons. The minimum absolute atomic E-state index is 0.300. The molecule has 0 spiro atoms. The van der Waals surface area contributed by atoms with Crippen LogP contribution in [-0.2, 0) is 6.61 Å². The van der Waals surface area contributed by atoms with Gasteiger partial charge in [-0.3, -0.25) is 0 Å². The summed E-state index contributed by atoms with van der Waals surface area (Å²) in [6.45, 7) is 0.490. The van der Waals surface area contributed by atoms with Crippen LogP contribution in [0.1, 0.15) is 10.4 Å². The van der Waals surface area contributed by atoms with Gasteiger partial charge in [-0.2, -0.15) is 0 Å². The van der Waals surface area contributed by atoms with Gasteiger partial charge in [-0.15, -0.1) is 11.3 Å². The van der Waals surface area contributed by atoms with E-state index in [1.54, 1.807) is 29.7 Å². The SMILES string of the molecule is NC(=S)c1cccnc1OCc1cccs1. The minimum Gasteiger partial charge on any atom is -0.471 e. The summed E-state index contributed by atoms with van der Waals surface area (Å²) in [6.07, 6.45) is 1.66. The summed E-state index contributed by atoms with van der Waals surface area (Å²) >= 11 is 6.56. The fraction of sp³-hybridized carbons (Fsp3) is 0.0909. The maximum Gasteiger partial charge on any atom is 0.224 e. The van der Waals surface area contributed by atoms with Gasteiger partial charge in [-0.25, -0.2) is 4.98 Å². The van der Waals surface area contributed by atoms with Crippen LogP contribution in [-0.4, -0.2) is 9.97 Å². The van der Waals surface area contributed by atoms with Gasteiger partial charge in [0, 0.05) is 11.1 Å². The topological polar surface area (TPSA) is 48.1 Å². The van der Waals surface area contributed by atoms with Crippen molar-refractivity contribution in [3.05, 3.63) is 46.3 Å². The van der Waals surface area contributed by atoms with E-state index in [-0.39, 0.29) is 0 Å². The molecule has 0 unspecified atom stereocenters. The Bertz CT molecular complexity index is 482. The van der Waals surface area contributed by atoms with Gasteiger partial charge >= 0.3 is 0 Å². The lowest BCUT2D eigenvalue weighted by atomic mass is 10.3. The molecular weight excluding hydrogens is 240 g/mol. The van der Waals surface area contributed by atoms with Crippen LogP contribution < -0.4 is 10.5 Å². The van der Waals surface area contributed by atoms with Crippen molar-refractivity contribution in [3.8, 4) is 5.88 Å². The van der Waals surface area contributed by atoms with Crippen LogP contribution in [0.5, 0.6) is 5.88 Å². The maximum atomic E-state index is 5.58. The first-order chi connectivity index (χ1) is 7.77. The molecule has 3 nitrogen and oxygen atoms in total. The summed E-state index contributed by atoms with van der Waals surface area (Å²) in [7, 11) is 0. The van der Waals surface area contributed by atoms with E-state index in [1.807, 2.05) is 17.5 Å². The third-order valence-corrected chi connectivity index (χ3v) is 3.04. The van der Waals surface area contributed by atoms with E-state index >= 15 is 0 Å². The fourth-order valence-electron chi connectivity index (χ4n) is 1.23. The lowest BCUT2D eigenvalue weighted by molar-refractivity contribution is 0.297. The van der Waals surface area contributed by atoms with Crippen LogP contribution in [0.2, 0.25) is 0 Å². The number of pyridine rings is 1. The van der Waals surface area contributed by atoms with Crippen molar-refractivity contribution in [2.75, 3.05) is 0 Å². The summed E-state index contributed by atoms with van der Waals surface area (Å²) < 4.78 is 5.57. The minimum atomic E-state index is 0.300. The fourth-order valence-corrected chi connectivity index (χ4v) is 2.00. The van der Waals surface area contributed by atoms with E-state index in [2.05, 4.69) is 4.98 Å². The largest absolute Gasteiger partial charge is 0.471 e. The Labute approximate surface area is 103 Å². The van der Waals surface area contributed by atoms with Gasteiger partial charge in [0.05, 0.1) is 5.56 Å². The molecule has 0 aliphatic heterocycles. The normalized spacial score (nSPS) is 10.0. The van der Waals surface area contributed by atoms with Crippen molar-refractivity contribution in [3.63, 3.8) is 0 Å². The van der Waals surface area contributed by atoms with Crippen molar-refractivity contribution in [2.24, 2.45) is 5.73 Å². The number of ether oxygens (including phenoxy) is 1. The highest BCUT2D eigenvalue weighted by Crippen LogP contribution is 2.17. The monoisotopic (exact) mass is 250 g/mol. The molecule has 2 aromatic rings. The van der Waals surface area contributed by atoms with Crippen LogP contribution in [0.25, 0.3) is 0 Å². The van der Waals surface area contributed by atoms with Crippen molar-refractivity contribution in [2.45, 2.75) is 6.61 Å². The standard InChI is InChI=1S/C11H10N2OS2/c12-10(15)9-4-1-5-13-11(9)14-7-8-3-2-6-16-8/h1-6H,7H2,(H2,12,15). The van der Waals surface area contributed by atoms with Crippen molar-refractivity contribution in [1.82, 2.24) is 4.98 Å². The van der Waals surface area contributed by atoms with Crippen molar-refractivity contribution in [1.29, 1.82) is 0 Å². The number of rotatable bonds is 4. The highest BCUT2D eigenvalue weighted by Gasteiger charge is 2.07. The molecule has 0 fully saturated rings. The van der Waals surface area contributed by atoms with E-state index in [1.165, 1.54) is 0 Å². The molecule has 0 saturated carbocycles. The molecule has 0 bridgehead atoms. The Balaban J connectivity index is 2.12. The Morgan fingerprint density at radius 1 is 1.44 bits per heavy atom. The Morgan fingerprint density at radius 2 is 2.31 bits per heavy atom. The number of thiophene rings is 1. The van der Waals surface area contributed by atoms with E-state index < -0.39 is 0 Å². The van der Waals surface area contributed by atoms with Crippen LogP contribution in [0.3, 0.4) is 0 Å². The quantitative estimate of drug-likeness (QED) is 0.846. The number of hydrogen-bond acceptors (Lipinski definition) is 4. The maximum absolute atomic E-state index is 5.58. The summed E-state index contributed by atoms with van der Waals surface area (Å²) in [5.74, 6) is 0.489. The Morgan fingerprint density at radius 3 is 3.00 bits per heavy atom. The molecular formula is C11H10N2OS2. The average molecular weight is 250 g/mol. The second-order valence-corrected chi connectivity index (χ2v) is 4.56. The molecule has 0 atom stereocenters. The predicted molar refractivity (Wildman–Crippen MR) is 68.8 cm³/mol. The lowest BCUT2D eigenvalue weighted by Gasteiger charge is -2.07. The number of nitrogens with two attached hydrogens (primary N) is 1. The lowest BCUT2D eigenvalue weighted by Crippen LogP contribution is -2.12. The molecule has 2 rings (SSSR count). The van der Waals surface area contributed by atoms with E-state index in [0.717, 1.165) is 4.88 Å². The van der Waals surface area contributed by atoms with Crippen LogP contribution >= 0.6 is 23.6 Å². The van der Waals surface area contributed by atoms with Gasteiger partial charge in [-0.05, 0) is 23.6 Å². The molecule has 0 aliphatic carbocycles. The average Bonchev–Trinajstić information content (AvgIpc) is 2.79. The van der Waals surface area contributed by atoms with Gasteiger partial charge in [0.2, 0.25) is 5.88 Å². The van der Waals surface area contributed by atoms with Gasteiger partial charge in [-0.1, -0.05) is 18.3 Å². The van der Waals surface area contributed by atoms with Gasteiger partial charge in [0.15, 0.2) is 0 Å². The first kappa shape index (κ1) is 11.0. The van der Waals surface area contributed by atoms with Gasteiger partial charge < -0.3 is 10.5 Å². The van der Waals surface area contributed by atoms with Crippen LogP contribution in [0, 0.1) is 0 Å². The molecule has 0 aliphatic rings. The number of aromatic nitrogens is 1. The highest BCUT2D eigenvalue weighted by molar-refractivity contribution is 7.80. The van der Waals surface area contributed by atoms with Gasteiger partial charge in [0.25, 0.3) is 0 Å². The predicted octanol–water partition coefficient (Wildman–Crippen LogP) is 2.36. The zero-order chi connectivity index (χ0) is 11.4. The summed E-state index contributed by atoms with van der Waals surface area (Å²) in [5, 5.41) is 2.01. The van der Waals surface area contributed by atoms with Crippen LogP contribution in [0.4, 0.5) is 0 Å². The van der Waals surface area contributed by atoms with E-state index in [4.69, 9.17) is 22.7 Å². The molecule has 2 heterocycles. The molecule has 0 aromatic carbocycles. The summed E-state index contributed by atoms with van der Waals surface area (Å²) in [4.78, 5) is 5.55. The second kappa shape index (κ2) is 5.05. The van der Waals surface area contributed by atoms with E-state index in [0.29, 0.717) is 23.0 Å². The molecule has 5 heteroatoms. The Hall–Kier alpha value is -1.46. The molecule has 0 amide bonds. The summed E-state index contributed by atoms with van der Waals surface area (Å²) in [5.41, 5.74) is 6.25. The third-order valence-electron chi connectivity index (χ3n) is 1.97. The third kappa shape index (κ3) is 2.56. The number of nitrogens with zero attached hydrogens (tertiary/aromatic N) is 1.